The van der Waals surface area contributed by atoms with Crippen molar-refractivity contribution in [3.8, 4) is 11.5 Å². The van der Waals surface area contributed by atoms with Crippen molar-refractivity contribution >= 4 is 0 Å². The molecule has 0 unspecified atom stereocenters. The van der Waals surface area contributed by atoms with Crippen LogP contribution in [0, 0.1) is 0 Å². The lowest BCUT2D eigenvalue weighted by molar-refractivity contribution is -0.145. The number of aryl methyl sites for hydroxylation is 2. The normalized spacial score (nSPS) is 11.4. The molecule has 0 aliphatic rings. The molecule has 0 atom stereocenters. The van der Waals surface area contributed by atoms with Crippen molar-refractivity contribution in [1.29, 1.82) is 0 Å². The number of hydrogen-bond acceptors (Lipinski definition) is 5. The predicted molar refractivity (Wildman–Crippen MR) is 69.2 cm³/mol. The molecule has 2 aromatic rings. The molecule has 7 nitrogen and oxygen atoms in total. The monoisotopic (exact) mass is 265 g/mol. The second kappa shape index (κ2) is 5.94. The van der Waals surface area contributed by atoms with E-state index >= 15 is 0 Å². The number of nitrogens with zero attached hydrogens (tertiary/aromatic N) is 5. The third-order valence-corrected chi connectivity index (χ3v) is 2.68. The Hall–Kier alpha value is -1.73. The van der Waals surface area contributed by atoms with Crippen LogP contribution >= 0.6 is 0 Å². The Morgan fingerprint density at radius 2 is 1.84 bits per heavy atom. The van der Waals surface area contributed by atoms with Crippen molar-refractivity contribution in [2.24, 2.45) is 14.1 Å². The Morgan fingerprint density at radius 1 is 1.16 bits per heavy atom. The van der Waals surface area contributed by atoms with Crippen LogP contribution in [0.4, 0.5) is 0 Å². The van der Waals surface area contributed by atoms with Crippen molar-refractivity contribution in [2.75, 3.05) is 13.2 Å². The van der Waals surface area contributed by atoms with Gasteiger partial charge in [0.2, 0.25) is 12.1 Å². The van der Waals surface area contributed by atoms with Crippen LogP contribution < -0.4 is 0 Å². The maximum Gasteiger partial charge on any atom is 0.221 e. The zero-order valence-electron chi connectivity index (χ0n) is 11.7. The molecule has 104 valence electrons. The van der Waals surface area contributed by atoms with E-state index in [0.29, 0.717) is 19.0 Å². The van der Waals surface area contributed by atoms with Gasteiger partial charge in [0.15, 0.2) is 5.82 Å². The molecule has 19 heavy (non-hydrogen) atoms. The van der Waals surface area contributed by atoms with Crippen molar-refractivity contribution in [3.63, 3.8) is 0 Å². The Labute approximate surface area is 112 Å². The molecule has 2 aromatic heterocycles. The number of aromatic nitrogens is 5. The Kier molecular flexibility index (Phi) is 4.28. The summed E-state index contributed by atoms with van der Waals surface area (Å²) in [6.45, 7) is 4.92. The first-order valence-corrected chi connectivity index (χ1v) is 6.29. The Balaban J connectivity index is 2.32. The van der Waals surface area contributed by atoms with Crippen LogP contribution in [0.15, 0.2) is 12.3 Å². The first-order chi connectivity index (χ1) is 9.17. The summed E-state index contributed by atoms with van der Waals surface area (Å²) >= 11 is 0. The third-order valence-electron chi connectivity index (χ3n) is 2.68. The van der Waals surface area contributed by atoms with E-state index in [1.54, 1.807) is 15.6 Å². The molecule has 2 heterocycles. The molecule has 0 spiro atoms. The second-order valence-corrected chi connectivity index (χ2v) is 4.00. The van der Waals surface area contributed by atoms with Crippen molar-refractivity contribution in [1.82, 2.24) is 24.5 Å². The van der Waals surface area contributed by atoms with Gasteiger partial charge in [0.25, 0.3) is 0 Å². The molecular formula is C12H19N5O2. The van der Waals surface area contributed by atoms with Crippen LogP contribution in [0.25, 0.3) is 11.5 Å². The lowest BCUT2D eigenvalue weighted by Crippen LogP contribution is -2.11. The predicted octanol–water partition coefficient (Wildman–Crippen LogP) is 1.29. The summed E-state index contributed by atoms with van der Waals surface area (Å²) in [5.41, 5.74) is 0.896. The molecule has 0 radical (unpaired) electrons. The minimum absolute atomic E-state index is 0.525. The van der Waals surface area contributed by atoms with Crippen molar-refractivity contribution in [2.45, 2.75) is 20.1 Å². The van der Waals surface area contributed by atoms with Gasteiger partial charge in [0, 0.05) is 33.5 Å². The van der Waals surface area contributed by atoms with Gasteiger partial charge in [-0.2, -0.15) is 10.2 Å². The summed E-state index contributed by atoms with van der Waals surface area (Å²) in [6, 6.07) is 1.89. The topological polar surface area (TPSA) is 67.0 Å². The maximum absolute atomic E-state index is 5.50. The van der Waals surface area contributed by atoms with Gasteiger partial charge in [-0.25, -0.2) is 9.67 Å². The summed E-state index contributed by atoms with van der Waals surface area (Å²) in [5, 5.41) is 8.49. The van der Waals surface area contributed by atoms with Gasteiger partial charge < -0.3 is 9.47 Å². The quantitative estimate of drug-likeness (QED) is 0.736. The highest BCUT2D eigenvalue weighted by atomic mass is 16.7. The molecule has 0 fully saturated rings. The van der Waals surface area contributed by atoms with Crippen molar-refractivity contribution < 1.29 is 9.47 Å². The van der Waals surface area contributed by atoms with E-state index in [-0.39, 0.29) is 0 Å². The van der Waals surface area contributed by atoms with Crippen LogP contribution in [0.2, 0.25) is 0 Å². The lowest BCUT2D eigenvalue weighted by atomic mass is 10.4. The summed E-state index contributed by atoms with van der Waals surface area (Å²) in [5.74, 6) is 1.27. The molecule has 2 rings (SSSR count). The molecule has 0 aliphatic carbocycles. The lowest BCUT2D eigenvalue weighted by Gasteiger charge is -2.12. The third kappa shape index (κ3) is 2.82. The van der Waals surface area contributed by atoms with Crippen molar-refractivity contribution in [3.05, 3.63) is 18.1 Å². The molecule has 0 aromatic carbocycles. The summed E-state index contributed by atoms with van der Waals surface area (Å²) < 4.78 is 14.5. The molecule has 0 amide bonds. The van der Waals surface area contributed by atoms with E-state index in [4.69, 9.17) is 9.47 Å². The molecule has 0 saturated carbocycles. The maximum atomic E-state index is 5.50. The van der Waals surface area contributed by atoms with Crippen LogP contribution in [0.1, 0.15) is 26.0 Å². The van der Waals surface area contributed by atoms with Crippen LogP contribution in [-0.4, -0.2) is 37.8 Å². The molecule has 0 N–H and O–H groups in total. The Morgan fingerprint density at radius 3 is 2.37 bits per heavy atom. The fourth-order valence-electron chi connectivity index (χ4n) is 1.82. The molecule has 0 saturated heterocycles. The number of hydrogen-bond donors (Lipinski definition) is 0. The first-order valence-electron chi connectivity index (χ1n) is 6.29. The van der Waals surface area contributed by atoms with Gasteiger partial charge in [-0.15, -0.1) is 0 Å². The SMILES string of the molecule is CCOC(OCC)c1nc(-c2ccnn2C)n(C)n1. The van der Waals surface area contributed by atoms with Crippen LogP contribution in [0.3, 0.4) is 0 Å². The highest BCUT2D eigenvalue weighted by Gasteiger charge is 2.20. The second-order valence-electron chi connectivity index (χ2n) is 4.00. The average molecular weight is 265 g/mol. The van der Waals surface area contributed by atoms with Crippen LogP contribution in [0.5, 0.6) is 0 Å². The summed E-state index contributed by atoms with van der Waals surface area (Å²) in [7, 11) is 3.71. The highest BCUT2D eigenvalue weighted by Crippen LogP contribution is 2.20. The smallest absolute Gasteiger partial charge is 0.221 e. The largest absolute Gasteiger partial charge is 0.346 e. The Bertz CT molecular complexity index is 528. The molecule has 7 heteroatoms. The molecular weight excluding hydrogens is 246 g/mol. The zero-order chi connectivity index (χ0) is 13.8. The van der Waals surface area contributed by atoms with E-state index in [2.05, 4.69) is 15.2 Å². The fourth-order valence-corrected chi connectivity index (χ4v) is 1.82. The molecule has 0 bridgehead atoms. The fraction of sp³-hybridized carbons (Fsp3) is 0.583. The minimum Gasteiger partial charge on any atom is -0.346 e. The van der Waals surface area contributed by atoms with E-state index < -0.39 is 6.29 Å². The summed E-state index contributed by atoms with van der Waals surface area (Å²) in [6.07, 6.45) is 1.20. The average Bonchev–Trinajstić information content (AvgIpc) is 2.95. The van der Waals surface area contributed by atoms with E-state index in [1.165, 1.54) is 0 Å². The van der Waals surface area contributed by atoms with Gasteiger partial charge in [-0.1, -0.05) is 0 Å². The first kappa shape index (κ1) is 13.7. The zero-order valence-corrected chi connectivity index (χ0v) is 11.7. The standard InChI is InChI=1S/C12H19N5O2/c1-5-18-12(19-6-2)10-14-11(17(4)15-10)9-7-8-13-16(9)3/h7-8,12H,5-6H2,1-4H3. The van der Waals surface area contributed by atoms with Gasteiger partial charge in [0.1, 0.15) is 5.69 Å². The molecule has 0 aliphatic heterocycles. The number of rotatable bonds is 6. The van der Waals surface area contributed by atoms with E-state index in [0.717, 1.165) is 11.5 Å². The van der Waals surface area contributed by atoms with Gasteiger partial charge in [-0.05, 0) is 19.9 Å². The van der Waals surface area contributed by atoms with Gasteiger partial charge >= 0.3 is 0 Å². The highest BCUT2D eigenvalue weighted by molar-refractivity contribution is 5.49. The summed E-state index contributed by atoms with van der Waals surface area (Å²) in [4.78, 5) is 4.49. The van der Waals surface area contributed by atoms with Crippen LogP contribution in [-0.2, 0) is 23.6 Å². The van der Waals surface area contributed by atoms with E-state index in [1.807, 2.05) is 34.0 Å². The van der Waals surface area contributed by atoms with Gasteiger partial charge in [0.05, 0.1) is 0 Å². The van der Waals surface area contributed by atoms with E-state index in [9.17, 15) is 0 Å². The number of ether oxygens (including phenoxy) is 2. The van der Waals surface area contributed by atoms with Gasteiger partial charge in [-0.3, -0.25) is 4.68 Å². The minimum atomic E-state index is -0.525.